The van der Waals surface area contributed by atoms with Crippen LogP contribution in [0, 0.1) is 6.20 Å². The molecule has 2 heteroatoms. The van der Waals surface area contributed by atoms with E-state index in [2.05, 4.69) is 16.2 Å². The van der Waals surface area contributed by atoms with Gasteiger partial charge in [-0.25, -0.2) is 9.98 Å². The zero-order valence-corrected chi connectivity index (χ0v) is 5.54. The maximum atomic E-state index is 4.13. The van der Waals surface area contributed by atoms with E-state index in [0.717, 1.165) is 18.7 Å². The van der Waals surface area contributed by atoms with Crippen LogP contribution in [0.25, 0.3) is 0 Å². The average Bonchev–Trinajstić information content (AvgIpc) is 2.05. The van der Waals surface area contributed by atoms with Crippen LogP contribution in [0.5, 0.6) is 0 Å². The van der Waals surface area contributed by atoms with E-state index in [0.29, 0.717) is 0 Å². The van der Waals surface area contributed by atoms with Crippen molar-refractivity contribution in [1.82, 2.24) is 4.98 Å². The van der Waals surface area contributed by atoms with Gasteiger partial charge in [-0.05, 0) is 24.5 Å². The molecule has 1 aliphatic heterocycles. The second kappa shape index (κ2) is 2.21. The highest BCUT2D eigenvalue weighted by Crippen LogP contribution is 2.18. The fourth-order valence-electron chi connectivity index (χ4n) is 1.06. The van der Waals surface area contributed by atoms with Crippen molar-refractivity contribution in [3.8, 4) is 0 Å². The number of aryl methyl sites for hydroxylation is 1. The molecule has 1 aliphatic rings. The Morgan fingerprint density at radius 2 is 2.50 bits per heavy atom. The lowest BCUT2D eigenvalue weighted by Crippen LogP contribution is -1.94. The molecule has 2 nitrogen and oxygen atoms in total. The summed E-state index contributed by atoms with van der Waals surface area (Å²) in [6.45, 7) is 0. The molecule has 0 N–H and O–H groups in total. The van der Waals surface area contributed by atoms with Crippen LogP contribution >= 0.6 is 0 Å². The SMILES string of the molecule is [c]1ccc2c(n1)N=CCC2. The summed E-state index contributed by atoms with van der Waals surface area (Å²) < 4.78 is 0. The Labute approximate surface area is 59.6 Å². The molecule has 0 saturated heterocycles. The van der Waals surface area contributed by atoms with E-state index in [9.17, 15) is 0 Å². The Bertz CT molecular complexity index is 266. The van der Waals surface area contributed by atoms with Gasteiger partial charge in [0.1, 0.15) is 0 Å². The molecule has 0 spiro atoms. The molecule has 0 unspecified atom stereocenters. The number of aliphatic imine (C=N–C) groups is 1. The first kappa shape index (κ1) is 5.59. The van der Waals surface area contributed by atoms with Crippen LogP contribution in [-0.2, 0) is 6.42 Å². The van der Waals surface area contributed by atoms with E-state index < -0.39 is 0 Å². The summed E-state index contributed by atoms with van der Waals surface area (Å²) in [5, 5.41) is 0. The van der Waals surface area contributed by atoms with Gasteiger partial charge in [0.05, 0.1) is 6.20 Å². The van der Waals surface area contributed by atoms with E-state index in [1.807, 2.05) is 18.3 Å². The number of rotatable bonds is 0. The van der Waals surface area contributed by atoms with Crippen molar-refractivity contribution in [2.24, 2.45) is 4.99 Å². The van der Waals surface area contributed by atoms with E-state index in [-0.39, 0.29) is 0 Å². The molecule has 0 aromatic carbocycles. The molecule has 2 rings (SSSR count). The van der Waals surface area contributed by atoms with Gasteiger partial charge in [0.2, 0.25) is 0 Å². The third-order valence-corrected chi connectivity index (χ3v) is 1.57. The Morgan fingerprint density at radius 3 is 3.40 bits per heavy atom. The fraction of sp³-hybridized carbons (Fsp3) is 0.250. The smallest absolute Gasteiger partial charge is 0.155 e. The van der Waals surface area contributed by atoms with Crippen molar-refractivity contribution in [1.29, 1.82) is 0 Å². The average molecular weight is 131 g/mol. The monoisotopic (exact) mass is 131 g/mol. The third-order valence-electron chi connectivity index (χ3n) is 1.57. The van der Waals surface area contributed by atoms with Crippen LogP contribution in [0.2, 0.25) is 0 Å². The second-order valence-corrected chi connectivity index (χ2v) is 2.27. The summed E-state index contributed by atoms with van der Waals surface area (Å²) in [5.41, 5.74) is 1.24. The molecule has 2 heterocycles. The molecule has 0 bridgehead atoms. The third kappa shape index (κ3) is 0.817. The summed E-state index contributed by atoms with van der Waals surface area (Å²) >= 11 is 0. The maximum Gasteiger partial charge on any atom is 0.155 e. The minimum Gasteiger partial charge on any atom is -0.241 e. The quantitative estimate of drug-likeness (QED) is 0.524. The van der Waals surface area contributed by atoms with Crippen LogP contribution < -0.4 is 0 Å². The number of pyridine rings is 1. The van der Waals surface area contributed by atoms with Gasteiger partial charge in [-0.15, -0.1) is 0 Å². The summed E-state index contributed by atoms with van der Waals surface area (Å²) in [7, 11) is 0. The van der Waals surface area contributed by atoms with Gasteiger partial charge in [0.25, 0.3) is 0 Å². The zero-order chi connectivity index (χ0) is 6.81. The molecule has 0 atom stereocenters. The van der Waals surface area contributed by atoms with Crippen molar-refractivity contribution >= 4 is 12.0 Å². The molecule has 10 heavy (non-hydrogen) atoms. The topological polar surface area (TPSA) is 25.2 Å². The Balaban J connectivity index is 2.54. The molecule has 0 fully saturated rings. The molecule has 0 amide bonds. The number of fused-ring (bicyclic) bond motifs is 1. The van der Waals surface area contributed by atoms with Crippen molar-refractivity contribution in [2.45, 2.75) is 12.8 Å². The number of aromatic nitrogens is 1. The highest BCUT2D eigenvalue weighted by molar-refractivity contribution is 5.66. The lowest BCUT2D eigenvalue weighted by Gasteiger charge is -2.05. The molecular formula is C8H7N2. The van der Waals surface area contributed by atoms with E-state index in [4.69, 9.17) is 0 Å². The van der Waals surface area contributed by atoms with E-state index >= 15 is 0 Å². The fourth-order valence-corrected chi connectivity index (χ4v) is 1.06. The van der Waals surface area contributed by atoms with Crippen LogP contribution in [0.1, 0.15) is 12.0 Å². The molecular weight excluding hydrogens is 124 g/mol. The van der Waals surface area contributed by atoms with Gasteiger partial charge in [-0.1, -0.05) is 6.07 Å². The Morgan fingerprint density at radius 1 is 1.50 bits per heavy atom. The standard InChI is InChI=1S/C8H7N2/c1-3-7-4-2-6-10-8(7)9-5-1/h1,3,6H,2,4H2. The van der Waals surface area contributed by atoms with Crippen molar-refractivity contribution in [2.75, 3.05) is 0 Å². The largest absolute Gasteiger partial charge is 0.241 e. The summed E-state index contributed by atoms with van der Waals surface area (Å²) in [5.74, 6) is 0.841. The lowest BCUT2D eigenvalue weighted by atomic mass is 10.1. The highest BCUT2D eigenvalue weighted by atomic mass is 14.9. The Kier molecular flexibility index (Phi) is 1.24. The van der Waals surface area contributed by atoms with Gasteiger partial charge >= 0.3 is 0 Å². The second-order valence-electron chi connectivity index (χ2n) is 2.27. The molecule has 49 valence electrons. The molecule has 1 radical (unpaired) electrons. The predicted molar refractivity (Wildman–Crippen MR) is 39.5 cm³/mol. The van der Waals surface area contributed by atoms with Gasteiger partial charge < -0.3 is 0 Å². The van der Waals surface area contributed by atoms with Gasteiger partial charge in [-0.3, -0.25) is 0 Å². The molecule has 0 saturated carbocycles. The molecule has 0 aliphatic carbocycles. The lowest BCUT2D eigenvalue weighted by molar-refractivity contribution is 0.999. The van der Waals surface area contributed by atoms with Gasteiger partial charge in [0.15, 0.2) is 5.82 Å². The molecule has 1 aromatic rings. The van der Waals surface area contributed by atoms with E-state index in [1.165, 1.54) is 5.56 Å². The van der Waals surface area contributed by atoms with Crippen LogP contribution in [0.3, 0.4) is 0 Å². The normalized spacial score (nSPS) is 14.8. The van der Waals surface area contributed by atoms with Crippen LogP contribution in [0.15, 0.2) is 17.1 Å². The van der Waals surface area contributed by atoms with Crippen LogP contribution in [0.4, 0.5) is 5.82 Å². The summed E-state index contributed by atoms with van der Waals surface area (Å²) in [4.78, 5) is 8.12. The zero-order valence-electron chi connectivity index (χ0n) is 5.54. The highest BCUT2D eigenvalue weighted by Gasteiger charge is 2.03. The van der Waals surface area contributed by atoms with Gasteiger partial charge in [0, 0.05) is 6.21 Å². The first-order chi connectivity index (χ1) is 4.97. The summed E-state index contributed by atoms with van der Waals surface area (Å²) in [6, 6.07) is 3.86. The van der Waals surface area contributed by atoms with Crippen molar-refractivity contribution in [3.05, 3.63) is 23.9 Å². The first-order valence-electron chi connectivity index (χ1n) is 3.35. The predicted octanol–water partition coefficient (Wildman–Crippen LogP) is 1.53. The minimum absolute atomic E-state index is 0.841. The number of nitrogens with zero attached hydrogens (tertiary/aromatic N) is 2. The summed E-state index contributed by atoms with van der Waals surface area (Å²) in [6.07, 6.45) is 6.77. The minimum atomic E-state index is 0.841. The van der Waals surface area contributed by atoms with Crippen molar-refractivity contribution in [3.63, 3.8) is 0 Å². The number of hydrogen-bond donors (Lipinski definition) is 0. The maximum absolute atomic E-state index is 4.13. The first-order valence-corrected chi connectivity index (χ1v) is 3.35. The van der Waals surface area contributed by atoms with Gasteiger partial charge in [-0.2, -0.15) is 0 Å². The Hall–Kier alpha value is -1.18. The number of hydrogen-bond acceptors (Lipinski definition) is 2. The van der Waals surface area contributed by atoms with E-state index in [1.54, 1.807) is 0 Å². The molecule has 1 aromatic heterocycles. The van der Waals surface area contributed by atoms with Crippen LogP contribution in [-0.4, -0.2) is 11.2 Å². The van der Waals surface area contributed by atoms with Crippen molar-refractivity contribution < 1.29 is 0 Å².